The van der Waals surface area contributed by atoms with Crippen LogP contribution in [0.3, 0.4) is 0 Å². The first-order valence-electron chi connectivity index (χ1n) is 4.47. The van der Waals surface area contributed by atoms with Gasteiger partial charge in [-0.25, -0.2) is 0 Å². The van der Waals surface area contributed by atoms with E-state index in [1.807, 2.05) is 6.92 Å². The number of rotatable bonds is 3. The molecule has 0 fully saturated rings. The Labute approximate surface area is 82.7 Å². The van der Waals surface area contributed by atoms with Gasteiger partial charge in [-0.3, -0.25) is 9.48 Å². The predicted molar refractivity (Wildman–Crippen MR) is 52.0 cm³/mol. The number of hydrogen-bond donors (Lipinski definition) is 2. The number of aliphatic hydroxyl groups excluding tert-OH is 1. The van der Waals surface area contributed by atoms with Crippen molar-refractivity contribution in [1.29, 1.82) is 0 Å². The maximum atomic E-state index is 11.6. The van der Waals surface area contributed by atoms with Gasteiger partial charge >= 0.3 is 0 Å². The molecule has 0 radical (unpaired) electrons. The lowest BCUT2D eigenvalue weighted by atomic mass is 10.3. The molecule has 0 aromatic carbocycles. The number of amides is 1. The maximum absolute atomic E-state index is 11.6. The van der Waals surface area contributed by atoms with Crippen LogP contribution in [0.4, 0.5) is 0 Å². The predicted octanol–water partition coefficient (Wildman–Crippen LogP) is -0.161. The van der Waals surface area contributed by atoms with E-state index in [1.165, 1.54) is 4.68 Å². The van der Waals surface area contributed by atoms with Crippen molar-refractivity contribution in [2.24, 2.45) is 7.05 Å². The summed E-state index contributed by atoms with van der Waals surface area (Å²) >= 11 is 0. The van der Waals surface area contributed by atoms with Gasteiger partial charge in [-0.2, -0.15) is 5.10 Å². The number of hydrogen-bond acceptors (Lipinski definition) is 3. The van der Waals surface area contributed by atoms with E-state index in [4.69, 9.17) is 5.11 Å². The normalized spacial score (nSPS) is 12.6. The highest BCUT2D eigenvalue weighted by molar-refractivity contribution is 5.92. The molecule has 0 saturated heterocycles. The lowest BCUT2D eigenvalue weighted by molar-refractivity contribution is 0.0913. The number of aliphatic hydroxyl groups is 1. The van der Waals surface area contributed by atoms with E-state index in [0.717, 1.165) is 5.69 Å². The van der Waals surface area contributed by atoms with Crippen molar-refractivity contribution in [1.82, 2.24) is 15.1 Å². The molecule has 2 N–H and O–H groups in total. The standard InChI is InChI=1S/C9H15N3O2/c1-6-4-8(12(3)11-6)9(14)10-7(2)5-13/h4,7,13H,5H2,1-3H3,(H,10,14)/t7-/m0/s1. The number of nitrogens with zero attached hydrogens (tertiary/aromatic N) is 2. The van der Waals surface area contributed by atoms with Crippen molar-refractivity contribution in [3.05, 3.63) is 17.5 Å². The molecule has 0 bridgehead atoms. The van der Waals surface area contributed by atoms with Gasteiger partial charge in [-0.15, -0.1) is 0 Å². The van der Waals surface area contributed by atoms with Gasteiger partial charge in [0.15, 0.2) is 0 Å². The van der Waals surface area contributed by atoms with E-state index in [1.54, 1.807) is 20.0 Å². The highest BCUT2D eigenvalue weighted by Gasteiger charge is 2.13. The van der Waals surface area contributed by atoms with Crippen molar-refractivity contribution in [2.45, 2.75) is 19.9 Å². The Morgan fingerprint density at radius 2 is 2.43 bits per heavy atom. The van der Waals surface area contributed by atoms with E-state index in [0.29, 0.717) is 5.69 Å². The largest absolute Gasteiger partial charge is 0.394 e. The van der Waals surface area contributed by atoms with Gasteiger partial charge in [0.2, 0.25) is 0 Å². The van der Waals surface area contributed by atoms with Crippen LogP contribution in [0.25, 0.3) is 0 Å². The third-order valence-electron chi connectivity index (χ3n) is 1.89. The molecule has 78 valence electrons. The van der Waals surface area contributed by atoms with Gasteiger partial charge in [0.1, 0.15) is 5.69 Å². The van der Waals surface area contributed by atoms with Crippen LogP contribution in [0.2, 0.25) is 0 Å². The lowest BCUT2D eigenvalue weighted by Gasteiger charge is -2.10. The van der Waals surface area contributed by atoms with Gasteiger partial charge in [-0.1, -0.05) is 0 Å². The minimum Gasteiger partial charge on any atom is -0.394 e. The van der Waals surface area contributed by atoms with E-state index < -0.39 is 0 Å². The summed E-state index contributed by atoms with van der Waals surface area (Å²) in [6, 6.07) is 1.47. The molecule has 14 heavy (non-hydrogen) atoms. The molecule has 1 heterocycles. The fourth-order valence-electron chi connectivity index (χ4n) is 1.17. The minimum absolute atomic E-state index is 0.0669. The molecule has 5 heteroatoms. The number of carbonyl (C=O) groups is 1. The minimum atomic E-state index is -0.238. The summed E-state index contributed by atoms with van der Waals surface area (Å²) in [5, 5.41) is 15.5. The van der Waals surface area contributed by atoms with Crippen molar-refractivity contribution in [3.8, 4) is 0 Å². The first kappa shape index (κ1) is 10.7. The third kappa shape index (κ3) is 2.32. The van der Waals surface area contributed by atoms with Crippen LogP contribution in [-0.4, -0.2) is 33.4 Å². The van der Waals surface area contributed by atoms with Gasteiger partial charge < -0.3 is 10.4 Å². The molecule has 1 amide bonds. The topological polar surface area (TPSA) is 67.2 Å². The van der Waals surface area contributed by atoms with E-state index >= 15 is 0 Å². The second-order valence-corrected chi connectivity index (χ2v) is 3.35. The summed E-state index contributed by atoms with van der Waals surface area (Å²) in [6.07, 6.45) is 0. The van der Waals surface area contributed by atoms with E-state index in [9.17, 15) is 4.79 Å². The second kappa shape index (κ2) is 4.23. The van der Waals surface area contributed by atoms with Gasteiger partial charge in [0.25, 0.3) is 5.91 Å². The first-order valence-corrected chi connectivity index (χ1v) is 4.47. The molecule has 1 aromatic heterocycles. The quantitative estimate of drug-likeness (QED) is 0.707. The molecule has 0 aliphatic heterocycles. The first-order chi connectivity index (χ1) is 6.54. The second-order valence-electron chi connectivity index (χ2n) is 3.35. The van der Waals surface area contributed by atoms with E-state index in [-0.39, 0.29) is 18.6 Å². The van der Waals surface area contributed by atoms with Crippen LogP contribution >= 0.6 is 0 Å². The smallest absolute Gasteiger partial charge is 0.269 e. The third-order valence-corrected chi connectivity index (χ3v) is 1.89. The molecule has 0 spiro atoms. The highest BCUT2D eigenvalue weighted by Crippen LogP contribution is 2.01. The monoisotopic (exact) mass is 197 g/mol. The molecule has 0 aliphatic rings. The Bertz CT molecular complexity index is 333. The maximum Gasteiger partial charge on any atom is 0.269 e. The number of nitrogens with one attached hydrogen (secondary N) is 1. The lowest BCUT2D eigenvalue weighted by Crippen LogP contribution is -2.36. The zero-order chi connectivity index (χ0) is 10.7. The number of aromatic nitrogens is 2. The van der Waals surface area contributed by atoms with Crippen LogP contribution in [0.15, 0.2) is 6.07 Å². The summed E-state index contributed by atoms with van der Waals surface area (Å²) in [6.45, 7) is 3.50. The molecule has 0 aliphatic carbocycles. The zero-order valence-electron chi connectivity index (χ0n) is 8.61. The van der Waals surface area contributed by atoms with Crippen LogP contribution in [0.1, 0.15) is 23.1 Å². The summed E-state index contributed by atoms with van der Waals surface area (Å²) in [4.78, 5) is 11.6. The molecule has 0 saturated carbocycles. The Kier molecular flexibility index (Phi) is 3.24. The number of carbonyl (C=O) groups excluding carboxylic acids is 1. The summed E-state index contributed by atoms with van der Waals surface area (Å²) < 4.78 is 1.52. The van der Waals surface area contributed by atoms with Crippen molar-refractivity contribution in [3.63, 3.8) is 0 Å². The van der Waals surface area contributed by atoms with Gasteiger partial charge in [-0.05, 0) is 19.9 Å². The SMILES string of the molecule is Cc1cc(C(=O)N[C@@H](C)CO)n(C)n1. The van der Waals surface area contributed by atoms with Crippen LogP contribution in [-0.2, 0) is 7.05 Å². The summed E-state index contributed by atoms with van der Waals surface area (Å²) in [5.41, 5.74) is 1.30. The molecule has 1 atom stereocenters. The molecule has 1 aromatic rings. The molecular weight excluding hydrogens is 182 g/mol. The average Bonchev–Trinajstić information content (AvgIpc) is 2.45. The Morgan fingerprint density at radius 3 is 2.86 bits per heavy atom. The fourth-order valence-corrected chi connectivity index (χ4v) is 1.17. The Hall–Kier alpha value is -1.36. The van der Waals surface area contributed by atoms with Crippen LogP contribution < -0.4 is 5.32 Å². The van der Waals surface area contributed by atoms with Crippen molar-refractivity contribution >= 4 is 5.91 Å². The van der Waals surface area contributed by atoms with Crippen LogP contribution in [0, 0.1) is 6.92 Å². The summed E-state index contributed by atoms with van der Waals surface area (Å²) in [5.74, 6) is -0.213. The Morgan fingerprint density at radius 1 is 1.79 bits per heavy atom. The molecule has 5 nitrogen and oxygen atoms in total. The zero-order valence-corrected chi connectivity index (χ0v) is 8.61. The molecule has 0 unspecified atom stereocenters. The van der Waals surface area contributed by atoms with Crippen LogP contribution in [0.5, 0.6) is 0 Å². The van der Waals surface area contributed by atoms with E-state index in [2.05, 4.69) is 10.4 Å². The van der Waals surface area contributed by atoms with Gasteiger partial charge in [0, 0.05) is 13.1 Å². The molecular formula is C9H15N3O2. The molecule has 1 rings (SSSR count). The number of aryl methyl sites for hydroxylation is 2. The summed E-state index contributed by atoms with van der Waals surface area (Å²) in [7, 11) is 1.71. The Balaban J connectivity index is 2.74. The van der Waals surface area contributed by atoms with Gasteiger partial charge in [0.05, 0.1) is 12.3 Å². The van der Waals surface area contributed by atoms with Crippen molar-refractivity contribution in [2.75, 3.05) is 6.61 Å². The average molecular weight is 197 g/mol. The van der Waals surface area contributed by atoms with Crippen molar-refractivity contribution < 1.29 is 9.90 Å². The fraction of sp³-hybridized carbons (Fsp3) is 0.556. The highest BCUT2D eigenvalue weighted by atomic mass is 16.3.